The molecule has 1 saturated heterocycles. The van der Waals surface area contributed by atoms with Crippen molar-refractivity contribution in [2.45, 2.75) is 31.2 Å². The summed E-state index contributed by atoms with van der Waals surface area (Å²) in [5, 5.41) is 1.72. The van der Waals surface area contributed by atoms with Gasteiger partial charge in [-0.1, -0.05) is 11.6 Å². The number of nitrogens with zero attached hydrogens (tertiary/aromatic N) is 1. The third-order valence-corrected chi connectivity index (χ3v) is 3.84. The average molecular weight is 389 g/mol. The molecule has 1 aromatic carbocycles. The van der Waals surface area contributed by atoms with E-state index < -0.39 is 41.5 Å². The largest absolute Gasteiger partial charge is 0.471 e. The number of nitrogens with one attached hydrogen (secondary N) is 1. The lowest BCUT2D eigenvalue weighted by atomic mass is 10.1. The van der Waals surface area contributed by atoms with Gasteiger partial charge in [0.15, 0.2) is 0 Å². The zero-order valence-electron chi connectivity index (χ0n) is 12.3. The molecular formula is C14H11ClF6N2O2. The standard InChI is InChI=1S/C14H11ClF6N2O2/c15-7-3-4-9(8(6-7)13(16,17)18)22-11(24)10-2-1-5-23(10)12(25)14(19,20)21/h3-4,6,10H,1-2,5H2,(H,22,24)/t10-/m0/s1. The van der Waals surface area contributed by atoms with Gasteiger partial charge in [-0.05, 0) is 31.0 Å². The first-order chi connectivity index (χ1) is 11.4. The van der Waals surface area contributed by atoms with Gasteiger partial charge in [0.1, 0.15) is 6.04 Å². The van der Waals surface area contributed by atoms with E-state index in [1.54, 1.807) is 0 Å². The van der Waals surface area contributed by atoms with Gasteiger partial charge in [-0.25, -0.2) is 0 Å². The highest BCUT2D eigenvalue weighted by atomic mass is 35.5. The number of halogens is 7. The topological polar surface area (TPSA) is 49.4 Å². The molecule has 11 heteroatoms. The van der Waals surface area contributed by atoms with Crippen LogP contribution >= 0.6 is 11.6 Å². The minimum absolute atomic E-state index is 0.0808. The van der Waals surface area contributed by atoms with Gasteiger partial charge in [0.05, 0.1) is 11.3 Å². The molecule has 1 aliphatic rings. The van der Waals surface area contributed by atoms with Gasteiger partial charge >= 0.3 is 18.3 Å². The van der Waals surface area contributed by atoms with Crippen molar-refractivity contribution in [2.24, 2.45) is 0 Å². The molecule has 4 nitrogen and oxygen atoms in total. The fraction of sp³-hybridized carbons (Fsp3) is 0.429. The zero-order chi connectivity index (χ0) is 19.0. The van der Waals surface area contributed by atoms with E-state index in [0.717, 1.165) is 12.1 Å². The van der Waals surface area contributed by atoms with Gasteiger partial charge in [0.25, 0.3) is 0 Å². The number of benzene rings is 1. The van der Waals surface area contributed by atoms with Crippen LogP contribution in [0.5, 0.6) is 0 Å². The Morgan fingerprint density at radius 3 is 2.36 bits per heavy atom. The molecule has 1 heterocycles. The highest BCUT2D eigenvalue weighted by Gasteiger charge is 2.48. The predicted octanol–water partition coefficient (Wildman–Crippen LogP) is 3.85. The number of carbonyl (C=O) groups is 2. The van der Waals surface area contributed by atoms with E-state index in [-0.39, 0.29) is 24.4 Å². The number of rotatable bonds is 2. The second kappa shape index (κ2) is 6.74. The summed E-state index contributed by atoms with van der Waals surface area (Å²) < 4.78 is 76.6. The molecule has 1 N–H and O–H groups in total. The Bertz CT molecular complexity index is 689. The number of carbonyl (C=O) groups excluding carboxylic acids is 2. The first-order valence-electron chi connectivity index (χ1n) is 6.96. The number of hydrogen-bond donors (Lipinski definition) is 1. The number of likely N-dealkylation sites (tertiary alicyclic amines) is 1. The number of hydrogen-bond acceptors (Lipinski definition) is 2. The first kappa shape index (κ1) is 19.4. The van der Waals surface area contributed by atoms with Gasteiger partial charge in [0.2, 0.25) is 5.91 Å². The molecule has 138 valence electrons. The van der Waals surface area contributed by atoms with E-state index in [4.69, 9.17) is 11.6 Å². The minimum Gasteiger partial charge on any atom is -0.324 e. The summed E-state index contributed by atoms with van der Waals surface area (Å²) in [5.41, 5.74) is -1.88. The molecule has 1 atom stereocenters. The van der Waals surface area contributed by atoms with Crippen LogP contribution < -0.4 is 5.32 Å². The Morgan fingerprint density at radius 1 is 1.16 bits per heavy atom. The van der Waals surface area contributed by atoms with Crippen molar-refractivity contribution in [1.29, 1.82) is 0 Å². The van der Waals surface area contributed by atoms with E-state index in [9.17, 15) is 35.9 Å². The number of anilines is 1. The number of amides is 2. The molecule has 25 heavy (non-hydrogen) atoms. The van der Waals surface area contributed by atoms with Gasteiger partial charge in [-0.2, -0.15) is 26.3 Å². The minimum atomic E-state index is -5.17. The van der Waals surface area contributed by atoms with Crippen LogP contribution in [0.3, 0.4) is 0 Å². The van der Waals surface area contributed by atoms with Crippen LogP contribution in [-0.4, -0.2) is 35.5 Å². The van der Waals surface area contributed by atoms with Gasteiger partial charge in [-0.15, -0.1) is 0 Å². The lowest BCUT2D eigenvalue weighted by molar-refractivity contribution is -0.186. The smallest absolute Gasteiger partial charge is 0.324 e. The Hall–Kier alpha value is -1.97. The molecule has 2 rings (SSSR count). The molecule has 1 aromatic rings. The summed E-state index contributed by atoms with van der Waals surface area (Å²) in [4.78, 5) is 23.8. The summed E-state index contributed by atoms with van der Waals surface area (Å²) in [6.07, 6.45) is -9.94. The molecule has 0 aliphatic carbocycles. The molecule has 0 radical (unpaired) electrons. The maximum absolute atomic E-state index is 13.0. The van der Waals surface area contributed by atoms with Crippen LogP contribution in [-0.2, 0) is 15.8 Å². The molecule has 0 aromatic heterocycles. The van der Waals surface area contributed by atoms with E-state index in [0.29, 0.717) is 11.0 Å². The van der Waals surface area contributed by atoms with Crippen molar-refractivity contribution in [3.8, 4) is 0 Å². The molecule has 0 bridgehead atoms. The van der Waals surface area contributed by atoms with E-state index >= 15 is 0 Å². The Kier molecular flexibility index (Phi) is 5.22. The van der Waals surface area contributed by atoms with Crippen molar-refractivity contribution in [2.75, 3.05) is 11.9 Å². The summed E-state index contributed by atoms with van der Waals surface area (Å²) in [7, 11) is 0. The Balaban J connectivity index is 2.24. The molecule has 0 spiro atoms. The summed E-state index contributed by atoms with van der Waals surface area (Å²) in [6, 6.07) is 1.09. The fourth-order valence-corrected chi connectivity index (χ4v) is 2.69. The fourth-order valence-electron chi connectivity index (χ4n) is 2.52. The summed E-state index contributed by atoms with van der Waals surface area (Å²) >= 11 is 5.51. The van der Waals surface area contributed by atoms with Crippen LogP contribution in [0.15, 0.2) is 18.2 Å². The summed E-state index contributed by atoms with van der Waals surface area (Å²) in [6.45, 7) is -0.302. The predicted molar refractivity (Wildman–Crippen MR) is 75.9 cm³/mol. The maximum Gasteiger partial charge on any atom is 0.471 e. The SMILES string of the molecule is O=C(Nc1ccc(Cl)cc1C(F)(F)F)[C@@H]1CCCN1C(=O)C(F)(F)F. The molecule has 1 fully saturated rings. The molecule has 0 unspecified atom stereocenters. The normalized spacial score (nSPS) is 18.4. The highest BCUT2D eigenvalue weighted by molar-refractivity contribution is 6.30. The maximum atomic E-state index is 13.0. The van der Waals surface area contributed by atoms with E-state index in [1.165, 1.54) is 0 Å². The van der Waals surface area contributed by atoms with Gasteiger partial charge < -0.3 is 10.2 Å². The average Bonchev–Trinajstić information content (AvgIpc) is 2.95. The molecule has 2 amide bonds. The second-order valence-corrected chi connectivity index (χ2v) is 5.77. The van der Waals surface area contributed by atoms with Crippen LogP contribution in [0, 0.1) is 0 Å². The van der Waals surface area contributed by atoms with Crippen LogP contribution in [0.4, 0.5) is 32.0 Å². The Morgan fingerprint density at radius 2 is 1.80 bits per heavy atom. The lowest BCUT2D eigenvalue weighted by Crippen LogP contribution is -2.48. The van der Waals surface area contributed by atoms with Crippen LogP contribution in [0.25, 0.3) is 0 Å². The van der Waals surface area contributed by atoms with Gasteiger partial charge in [-0.3, -0.25) is 9.59 Å². The van der Waals surface area contributed by atoms with Crippen molar-refractivity contribution in [1.82, 2.24) is 4.90 Å². The highest BCUT2D eigenvalue weighted by Crippen LogP contribution is 2.37. The quantitative estimate of drug-likeness (QED) is 0.782. The van der Waals surface area contributed by atoms with Gasteiger partial charge in [0, 0.05) is 11.6 Å². The van der Waals surface area contributed by atoms with Crippen molar-refractivity contribution < 1.29 is 35.9 Å². The van der Waals surface area contributed by atoms with Crippen molar-refractivity contribution >= 4 is 29.1 Å². The van der Waals surface area contributed by atoms with E-state index in [2.05, 4.69) is 0 Å². The zero-order valence-corrected chi connectivity index (χ0v) is 13.1. The Labute approximate surface area is 142 Å². The van der Waals surface area contributed by atoms with E-state index in [1.807, 2.05) is 5.32 Å². The van der Waals surface area contributed by atoms with Crippen LogP contribution in [0.1, 0.15) is 18.4 Å². The molecular weight excluding hydrogens is 378 g/mol. The second-order valence-electron chi connectivity index (χ2n) is 5.33. The number of alkyl halides is 6. The van der Waals surface area contributed by atoms with Crippen molar-refractivity contribution in [3.63, 3.8) is 0 Å². The third-order valence-electron chi connectivity index (χ3n) is 3.60. The monoisotopic (exact) mass is 388 g/mol. The summed E-state index contributed by atoms with van der Waals surface area (Å²) in [5.74, 6) is -3.32. The molecule has 0 saturated carbocycles. The van der Waals surface area contributed by atoms with Crippen molar-refractivity contribution in [3.05, 3.63) is 28.8 Å². The first-order valence-corrected chi connectivity index (χ1v) is 7.34. The third kappa shape index (κ3) is 4.36. The molecule has 1 aliphatic heterocycles. The lowest BCUT2D eigenvalue weighted by Gasteiger charge is -2.25. The van der Waals surface area contributed by atoms with Crippen LogP contribution in [0.2, 0.25) is 5.02 Å².